The van der Waals surface area contributed by atoms with E-state index >= 15 is 0 Å². The van der Waals surface area contributed by atoms with E-state index < -0.39 is 0 Å². The molecule has 178 valence electrons. The Bertz CT molecular complexity index is 995. The van der Waals surface area contributed by atoms with Crippen molar-refractivity contribution in [1.82, 2.24) is 4.90 Å². The van der Waals surface area contributed by atoms with Gasteiger partial charge in [-0.1, -0.05) is 88.1 Å². The fourth-order valence-corrected chi connectivity index (χ4v) is 4.44. The first kappa shape index (κ1) is 25.2. The predicted octanol–water partition coefficient (Wildman–Crippen LogP) is 8.00. The fourth-order valence-electron chi connectivity index (χ4n) is 4.44. The summed E-state index contributed by atoms with van der Waals surface area (Å²) in [4.78, 5) is 14.7. The third-order valence-corrected chi connectivity index (χ3v) is 6.42. The van der Waals surface area contributed by atoms with Gasteiger partial charge in [0.05, 0.1) is 12.2 Å². The molecule has 3 aromatic carbocycles. The van der Waals surface area contributed by atoms with E-state index in [2.05, 4.69) is 49.3 Å². The van der Waals surface area contributed by atoms with Crippen LogP contribution in [0.15, 0.2) is 54.6 Å². The van der Waals surface area contributed by atoms with Crippen molar-refractivity contribution in [3.63, 3.8) is 0 Å². The van der Waals surface area contributed by atoms with Gasteiger partial charge in [-0.2, -0.15) is 0 Å². The monoisotopic (exact) mass is 447 g/mol. The molecule has 0 bridgehead atoms. The molecule has 0 radical (unpaired) electrons. The maximum Gasteiger partial charge on any atom is 0.338 e. The summed E-state index contributed by atoms with van der Waals surface area (Å²) in [5, 5.41) is 4.64. The van der Waals surface area contributed by atoms with Gasteiger partial charge in [-0.25, -0.2) is 4.79 Å². The van der Waals surface area contributed by atoms with Crippen molar-refractivity contribution in [3.8, 4) is 0 Å². The second kappa shape index (κ2) is 14.0. The summed E-state index contributed by atoms with van der Waals surface area (Å²) in [6.45, 7) is 1.73. The van der Waals surface area contributed by atoms with E-state index in [1.807, 2.05) is 24.3 Å². The molecule has 33 heavy (non-hydrogen) atoms. The summed E-state index contributed by atoms with van der Waals surface area (Å²) in [6, 6.07) is 18.5. The minimum Gasteiger partial charge on any atom is -0.462 e. The predicted molar refractivity (Wildman–Crippen MR) is 141 cm³/mol. The molecule has 0 spiro atoms. The number of carbonyl (C=O) groups excluding carboxylic acids is 1. The van der Waals surface area contributed by atoms with Crippen LogP contribution in [0, 0.1) is 0 Å². The number of hydrogen-bond acceptors (Lipinski definition) is 3. The van der Waals surface area contributed by atoms with Crippen LogP contribution in [-0.2, 0) is 4.74 Å². The first-order valence-electron chi connectivity index (χ1n) is 12.9. The number of carbonyl (C=O) groups is 1. The number of fused-ring (bicyclic) bond motifs is 2. The molecule has 0 aliphatic heterocycles. The molecule has 0 saturated heterocycles. The maximum atomic E-state index is 12.5. The standard InChI is InChI=1S/C30H41NO2/c1-31(2)20-14-10-8-6-4-3-5-7-9-11-15-21-33-30(32)28-19-18-27-22-25-16-12-13-17-26(25)23-29(27)24-28/h12-13,16-19,22-24H,3-11,14-15,20-21H2,1-2H3. The molecule has 0 N–H and O–H groups in total. The number of unbranched alkanes of at least 4 members (excludes halogenated alkanes) is 10. The zero-order chi connectivity index (χ0) is 23.3. The van der Waals surface area contributed by atoms with Crippen molar-refractivity contribution >= 4 is 27.5 Å². The van der Waals surface area contributed by atoms with E-state index in [1.165, 1.54) is 75.1 Å². The summed E-state index contributed by atoms with van der Waals surface area (Å²) in [6.07, 6.45) is 14.2. The second-order valence-electron chi connectivity index (χ2n) is 9.59. The Morgan fingerprint density at radius 1 is 0.636 bits per heavy atom. The molecular weight excluding hydrogens is 406 g/mol. The molecule has 0 aromatic heterocycles. The van der Waals surface area contributed by atoms with Gasteiger partial charge in [0.2, 0.25) is 0 Å². The molecule has 0 fully saturated rings. The SMILES string of the molecule is CN(C)CCCCCCCCCCCCCOC(=O)c1ccc2cc3ccccc3cc2c1. The zero-order valence-corrected chi connectivity index (χ0v) is 20.7. The van der Waals surface area contributed by atoms with E-state index in [1.54, 1.807) is 0 Å². The Balaban J connectivity index is 1.24. The van der Waals surface area contributed by atoms with Gasteiger partial charge < -0.3 is 9.64 Å². The summed E-state index contributed by atoms with van der Waals surface area (Å²) in [7, 11) is 4.30. The molecule has 0 heterocycles. The molecule has 0 atom stereocenters. The fraction of sp³-hybridized carbons (Fsp3) is 0.500. The van der Waals surface area contributed by atoms with E-state index in [0.29, 0.717) is 12.2 Å². The Kier molecular flexibility index (Phi) is 10.7. The van der Waals surface area contributed by atoms with Crippen molar-refractivity contribution < 1.29 is 9.53 Å². The van der Waals surface area contributed by atoms with E-state index in [-0.39, 0.29) is 5.97 Å². The molecule has 3 nitrogen and oxygen atoms in total. The number of rotatable bonds is 15. The highest BCUT2D eigenvalue weighted by atomic mass is 16.5. The van der Waals surface area contributed by atoms with Gasteiger partial charge in [0, 0.05) is 0 Å². The molecule has 0 unspecified atom stereocenters. The van der Waals surface area contributed by atoms with Crippen LogP contribution < -0.4 is 0 Å². The molecule has 0 aliphatic carbocycles. The van der Waals surface area contributed by atoms with Crippen molar-refractivity contribution in [2.75, 3.05) is 27.2 Å². The average molecular weight is 448 g/mol. The lowest BCUT2D eigenvalue weighted by Gasteiger charge is -2.08. The summed E-state index contributed by atoms with van der Waals surface area (Å²) >= 11 is 0. The summed E-state index contributed by atoms with van der Waals surface area (Å²) in [5.74, 6) is -0.212. The molecule has 0 saturated carbocycles. The zero-order valence-electron chi connectivity index (χ0n) is 20.7. The highest BCUT2D eigenvalue weighted by Crippen LogP contribution is 2.24. The Hall–Kier alpha value is -2.39. The maximum absolute atomic E-state index is 12.5. The molecule has 3 heteroatoms. The van der Waals surface area contributed by atoms with Crippen LogP contribution in [0.25, 0.3) is 21.5 Å². The van der Waals surface area contributed by atoms with Gasteiger partial charge in [0.25, 0.3) is 0 Å². The second-order valence-corrected chi connectivity index (χ2v) is 9.59. The lowest BCUT2D eigenvalue weighted by Crippen LogP contribution is -2.12. The minimum atomic E-state index is -0.212. The number of esters is 1. The first-order valence-corrected chi connectivity index (χ1v) is 12.9. The van der Waals surface area contributed by atoms with Crippen LogP contribution in [0.4, 0.5) is 0 Å². The third kappa shape index (κ3) is 8.81. The lowest BCUT2D eigenvalue weighted by atomic mass is 10.0. The summed E-state index contributed by atoms with van der Waals surface area (Å²) < 4.78 is 5.53. The topological polar surface area (TPSA) is 29.5 Å². The van der Waals surface area contributed by atoms with Crippen LogP contribution >= 0.6 is 0 Å². The Labute approximate surface area is 200 Å². The van der Waals surface area contributed by atoms with Crippen molar-refractivity contribution in [2.45, 2.75) is 70.6 Å². The van der Waals surface area contributed by atoms with E-state index in [9.17, 15) is 4.79 Å². The molecule has 3 aromatic rings. The summed E-state index contributed by atoms with van der Waals surface area (Å²) in [5.41, 5.74) is 0.638. The van der Waals surface area contributed by atoms with Crippen LogP contribution in [0.5, 0.6) is 0 Å². The van der Waals surface area contributed by atoms with Crippen molar-refractivity contribution in [1.29, 1.82) is 0 Å². The first-order chi connectivity index (χ1) is 16.1. The van der Waals surface area contributed by atoms with Crippen LogP contribution in [0.1, 0.15) is 81.0 Å². The van der Waals surface area contributed by atoms with Gasteiger partial charge in [-0.05, 0) is 79.3 Å². The van der Waals surface area contributed by atoms with Crippen molar-refractivity contribution in [3.05, 3.63) is 60.2 Å². The average Bonchev–Trinajstić information content (AvgIpc) is 2.82. The molecule has 0 aliphatic rings. The Morgan fingerprint density at radius 3 is 1.76 bits per heavy atom. The van der Waals surface area contributed by atoms with Gasteiger partial charge in [0.1, 0.15) is 0 Å². The van der Waals surface area contributed by atoms with E-state index in [0.717, 1.165) is 23.6 Å². The van der Waals surface area contributed by atoms with Gasteiger partial charge in [-0.3, -0.25) is 0 Å². The van der Waals surface area contributed by atoms with Crippen molar-refractivity contribution in [2.24, 2.45) is 0 Å². The van der Waals surface area contributed by atoms with Crippen LogP contribution in [-0.4, -0.2) is 38.1 Å². The number of benzene rings is 3. The highest BCUT2D eigenvalue weighted by Gasteiger charge is 2.08. The minimum absolute atomic E-state index is 0.212. The van der Waals surface area contributed by atoms with Crippen LogP contribution in [0.3, 0.4) is 0 Å². The number of nitrogens with zero attached hydrogens (tertiary/aromatic N) is 1. The molecular formula is C30H41NO2. The highest BCUT2D eigenvalue weighted by molar-refractivity contribution is 6.01. The number of hydrogen-bond donors (Lipinski definition) is 0. The largest absolute Gasteiger partial charge is 0.462 e. The quantitative estimate of drug-likeness (QED) is 0.134. The van der Waals surface area contributed by atoms with Crippen LogP contribution in [0.2, 0.25) is 0 Å². The number of ether oxygens (including phenoxy) is 1. The Morgan fingerprint density at radius 2 is 1.15 bits per heavy atom. The van der Waals surface area contributed by atoms with Gasteiger partial charge >= 0.3 is 5.97 Å². The van der Waals surface area contributed by atoms with Gasteiger partial charge in [-0.15, -0.1) is 0 Å². The third-order valence-electron chi connectivity index (χ3n) is 6.42. The molecule has 3 rings (SSSR count). The normalized spacial score (nSPS) is 11.5. The smallest absolute Gasteiger partial charge is 0.338 e. The van der Waals surface area contributed by atoms with E-state index in [4.69, 9.17) is 4.74 Å². The lowest BCUT2D eigenvalue weighted by molar-refractivity contribution is 0.0498. The molecule has 0 amide bonds. The van der Waals surface area contributed by atoms with Gasteiger partial charge in [0.15, 0.2) is 0 Å².